The summed E-state index contributed by atoms with van der Waals surface area (Å²) in [4.78, 5) is 13.6. The van der Waals surface area contributed by atoms with Gasteiger partial charge in [0, 0.05) is 43.3 Å². The van der Waals surface area contributed by atoms with E-state index in [0.717, 1.165) is 66.7 Å². The van der Waals surface area contributed by atoms with Crippen molar-refractivity contribution < 1.29 is 0 Å². The molecule has 0 aliphatic rings. The lowest BCUT2D eigenvalue weighted by molar-refractivity contribution is 0.790. The first kappa shape index (κ1) is 25.8. The molecule has 1 aromatic heterocycles. The largest absolute Gasteiger partial charge is 0.369 e. The molecular weight excluding hydrogens is 412 g/mol. The number of hydrogen-bond donors (Lipinski definition) is 4. The number of hydrogen-bond acceptors (Lipinski definition) is 5. The minimum Gasteiger partial charge on any atom is -0.369 e. The van der Waals surface area contributed by atoms with E-state index in [1.165, 1.54) is 0 Å². The molecule has 8 heteroatoms. The summed E-state index contributed by atoms with van der Waals surface area (Å²) in [6.07, 6.45) is 7.61. The van der Waals surface area contributed by atoms with E-state index in [4.69, 9.17) is 10.9 Å². The van der Waals surface area contributed by atoms with Gasteiger partial charge in [0.2, 0.25) is 0 Å². The molecule has 2 rings (SSSR count). The van der Waals surface area contributed by atoms with E-state index in [1.54, 1.807) is 0 Å². The van der Waals surface area contributed by atoms with Crippen molar-refractivity contribution in [2.24, 2.45) is 15.2 Å². The molecule has 0 bridgehead atoms. The average molecular weight is 449 g/mol. The Labute approximate surface area is 197 Å². The standard InChI is InChI=1S/C25H36N8/c1-4-7-13-23(26)31-24(14-8-5-2)30-18-19-15-16-22(29-17-19)20-11-9-10-12-21(20)25(28-6-3)32-33-27/h9-12,15-17H,4-8,13-14,18H2,1-3H3,(H2,26,30,31)(H2,27,28,32). The zero-order chi connectivity index (χ0) is 23.9. The molecule has 8 nitrogen and oxygen atoms in total. The molecule has 1 aromatic carbocycles. The van der Waals surface area contributed by atoms with Crippen LogP contribution in [0.15, 0.2) is 57.8 Å². The van der Waals surface area contributed by atoms with E-state index in [-0.39, 0.29) is 0 Å². The van der Waals surface area contributed by atoms with Crippen LogP contribution >= 0.6 is 0 Å². The van der Waals surface area contributed by atoms with Crippen molar-refractivity contribution in [2.75, 3.05) is 6.54 Å². The summed E-state index contributed by atoms with van der Waals surface area (Å²) in [6, 6.07) is 11.9. The fraction of sp³-hybridized carbons (Fsp3) is 0.440. The Morgan fingerprint density at radius 2 is 1.76 bits per heavy atom. The summed E-state index contributed by atoms with van der Waals surface area (Å²) in [5.41, 5.74) is 13.5. The molecule has 0 atom stereocenters. The molecule has 0 saturated heterocycles. The Kier molecular flexibility index (Phi) is 11.4. The SMILES string of the molecule is CCCCC(=N)/N=C(/CCCC)NCc1ccc(-c2ccccc2/C(=N/CC)NN=N)nc1. The third-order valence-electron chi connectivity index (χ3n) is 5.06. The number of unbranched alkanes of at least 4 members (excludes halogenated alkanes) is 2. The van der Waals surface area contributed by atoms with Crippen LogP contribution in [0.3, 0.4) is 0 Å². The molecule has 0 spiro atoms. The highest BCUT2D eigenvalue weighted by atomic mass is 15.4. The molecule has 0 saturated carbocycles. The summed E-state index contributed by atoms with van der Waals surface area (Å²) in [6.45, 7) is 7.42. The van der Waals surface area contributed by atoms with Gasteiger partial charge in [-0.1, -0.05) is 62.2 Å². The summed E-state index contributed by atoms with van der Waals surface area (Å²) in [5.74, 6) is 1.87. The number of aromatic nitrogens is 1. The van der Waals surface area contributed by atoms with E-state index in [0.29, 0.717) is 24.8 Å². The molecule has 0 amide bonds. The first-order valence-electron chi connectivity index (χ1n) is 11.7. The second-order valence-corrected chi connectivity index (χ2v) is 7.71. The van der Waals surface area contributed by atoms with Gasteiger partial charge >= 0.3 is 0 Å². The molecule has 0 aliphatic heterocycles. The maximum absolute atomic E-state index is 8.11. The Balaban J connectivity index is 2.15. The number of nitrogens with zero attached hydrogens (tertiary/aromatic N) is 4. The zero-order valence-electron chi connectivity index (χ0n) is 20.0. The molecule has 33 heavy (non-hydrogen) atoms. The van der Waals surface area contributed by atoms with Crippen molar-refractivity contribution in [3.05, 3.63) is 53.7 Å². The predicted molar refractivity (Wildman–Crippen MR) is 136 cm³/mol. The van der Waals surface area contributed by atoms with E-state index in [1.807, 2.05) is 49.5 Å². The summed E-state index contributed by atoms with van der Waals surface area (Å²) < 4.78 is 0. The second kappa shape index (κ2) is 14.6. The second-order valence-electron chi connectivity index (χ2n) is 7.71. The number of nitrogens with one attached hydrogen (secondary N) is 4. The van der Waals surface area contributed by atoms with Crippen LogP contribution in [0.5, 0.6) is 0 Å². The van der Waals surface area contributed by atoms with E-state index in [2.05, 4.69) is 44.8 Å². The summed E-state index contributed by atoms with van der Waals surface area (Å²) in [5, 5.41) is 14.8. The molecule has 4 N–H and O–H groups in total. The molecule has 0 unspecified atom stereocenters. The molecule has 2 aromatic rings. The number of rotatable bonds is 12. The highest BCUT2D eigenvalue weighted by Gasteiger charge is 2.11. The minimum atomic E-state index is 0.443. The third-order valence-corrected chi connectivity index (χ3v) is 5.06. The fourth-order valence-electron chi connectivity index (χ4n) is 3.29. The van der Waals surface area contributed by atoms with Crippen LogP contribution in [0.2, 0.25) is 0 Å². The lowest BCUT2D eigenvalue weighted by Crippen LogP contribution is -2.24. The van der Waals surface area contributed by atoms with Crippen LogP contribution in [0.4, 0.5) is 0 Å². The van der Waals surface area contributed by atoms with Crippen LogP contribution in [-0.4, -0.2) is 29.0 Å². The Morgan fingerprint density at radius 3 is 2.42 bits per heavy atom. The molecule has 1 heterocycles. The van der Waals surface area contributed by atoms with Crippen LogP contribution in [-0.2, 0) is 6.54 Å². The van der Waals surface area contributed by atoms with Gasteiger partial charge in [-0.2, -0.15) is 5.53 Å². The van der Waals surface area contributed by atoms with Gasteiger partial charge in [-0.05, 0) is 31.4 Å². The van der Waals surface area contributed by atoms with Crippen molar-refractivity contribution in [3.63, 3.8) is 0 Å². The third kappa shape index (κ3) is 8.56. The monoisotopic (exact) mass is 448 g/mol. The van der Waals surface area contributed by atoms with Crippen molar-refractivity contribution in [1.29, 1.82) is 10.9 Å². The maximum Gasteiger partial charge on any atom is 0.150 e. The maximum atomic E-state index is 8.11. The fourth-order valence-corrected chi connectivity index (χ4v) is 3.29. The average Bonchev–Trinajstić information content (AvgIpc) is 2.84. The van der Waals surface area contributed by atoms with E-state index in [9.17, 15) is 0 Å². The number of benzene rings is 1. The van der Waals surface area contributed by atoms with Gasteiger partial charge in [0.25, 0.3) is 0 Å². The van der Waals surface area contributed by atoms with Crippen LogP contribution in [0.25, 0.3) is 11.3 Å². The minimum absolute atomic E-state index is 0.443. The number of pyridine rings is 1. The molecular formula is C25H36N8. The molecule has 176 valence electrons. The van der Waals surface area contributed by atoms with Gasteiger partial charge in [-0.25, -0.2) is 10.4 Å². The normalized spacial score (nSPS) is 11.8. The lowest BCUT2D eigenvalue weighted by atomic mass is 10.0. The molecule has 0 aliphatic carbocycles. The molecule has 0 radical (unpaired) electrons. The van der Waals surface area contributed by atoms with E-state index >= 15 is 0 Å². The first-order valence-corrected chi connectivity index (χ1v) is 11.7. The van der Waals surface area contributed by atoms with Crippen molar-refractivity contribution in [2.45, 2.75) is 65.8 Å². The van der Waals surface area contributed by atoms with E-state index < -0.39 is 0 Å². The topological polar surface area (TPSA) is 122 Å². The van der Waals surface area contributed by atoms with Gasteiger partial charge in [-0.3, -0.25) is 15.4 Å². The van der Waals surface area contributed by atoms with Crippen molar-refractivity contribution in [3.8, 4) is 11.3 Å². The highest BCUT2D eigenvalue weighted by Crippen LogP contribution is 2.22. The van der Waals surface area contributed by atoms with Crippen LogP contribution in [0, 0.1) is 10.9 Å². The van der Waals surface area contributed by atoms with Gasteiger partial charge < -0.3 is 5.32 Å². The first-order chi connectivity index (χ1) is 16.1. The van der Waals surface area contributed by atoms with Crippen molar-refractivity contribution >= 4 is 17.5 Å². The zero-order valence-corrected chi connectivity index (χ0v) is 20.0. The smallest absolute Gasteiger partial charge is 0.150 e. The Morgan fingerprint density at radius 1 is 1.00 bits per heavy atom. The lowest BCUT2D eigenvalue weighted by Gasteiger charge is -2.12. The Hall–Kier alpha value is -3.42. The van der Waals surface area contributed by atoms with Crippen molar-refractivity contribution in [1.82, 2.24) is 15.7 Å². The quantitative estimate of drug-likeness (QED) is 0.140. The number of aliphatic imine (C=N–C) groups is 2. The van der Waals surface area contributed by atoms with Gasteiger partial charge in [0.1, 0.15) is 11.7 Å². The van der Waals surface area contributed by atoms with Gasteiger partial charge in [0.05, 0.1) is 5.69 Å². The molecule has 0 fully saturated rings. The Bertz CT molecular complexity index is 947. The summed E-state index contributed by atoms with van der Waals surface area (Å²) in [7, 11) is 0. The van der Waals surface area contributed by atoms with Gasteiger partial charge in [0.15, 0.2) is 5.84 Å². The van der Waals surface area contributed by atoms with Crippen LogP contribution in [0.1, 0.15) is 70.4 Å². The summed E-state index contributed by atoms with van der Waals surface area (Å²) >= 11 is 0. The van der Waals surface area contributed by atoms with Gasteiger partial charge in [-0.15, -0.1) is 0 Å². The van der Waals surface area contributed by atoms with Crippen LogP contribution < -0.4 is 10.7 Å². The predicted octanol–water partition coefficient (Wildman–Crippen LogP) is 5.90. The number of amidine groups is 3. The highest BCUT2D eigenvalue weighted by molar-refractivity contribution is 6.04.